The van der Waals surface area contributed by atoms with Crippen molar-refractivity contribution in [2.45, 2.75) is 0 Å². The smallest absolute Gasteiger partial charge is 0.450 e. The first-order valence-electron chi connectivity index (χ1n) is 2.58. The highest BCUT2D eigenvalue weighted by Gasteiger charge is 1.72. The van der Waals surface area contributed by atoms with Crippen molar-refractivity contribution in [2.75, 3.05) is 0 Å². The number of carboxylic acid groups (broad SMARTS) is 2. The number of carbonyl (C=O) groups is 1. The fraction of sp³-hybridized carbons (Fsp3) is 0. The molecule has 2 N–H and O–H groups in total. The summed E-state index contributed by atoms with van der Waals surface area (Å²) in [5.41, 5.74) is -0.303. The van der Waals surface area contributed by atoms with Gasteiger partial charge in [-0.1, -0.05) is 6.07 Å². The Balaban J connectivity index is 0.000000218. The van der Waals surface area contributed by atoms with E-state index < -0.39 is 6.16 Å². The first-order chi connectivity index (χ1) is 5.13. The van der Waals surface area contributed by atoms with Crippen LogP contribution in [0.3, 0.4) is 0 Å². The van der Waals surface area contributed by atoms with Gasteiger partial charge < -0.3 is 14.6 Å². The molecule has 60 valence electrons. The third-order valence-corrected chi connectivity index (χ3v) is 0.606. The highest BCUT2D eigenvalue weighted by atomic mass is 16.6. The maximum absolute atomic E-state index is 10.1. The lowest BCUT2D eigenvalue weighted by Crippen LogP contribution is -1.90. The summed E-state index contributed by atoms with van der Waals surface area (Å²) >= 11 is 0. The van der Waals surface area contributed by atoms with Crippen molar-refractivity contribution < 1.29 is 19.4 Å². The molecule has 1 heterocycles. The second kappa shape index (κ2) is 5.04. The van der Waals surface area contributed by atoms with Gasteiger partial charge in [-0.05, 0) is 6.07 Å². The van der Waals surface area contributed by atoms with Crippen LogP contribution in [0.1, 0.15) is 0 Å². The van der Waals surface area contributed by atoms with Crippen LogP contribution in [-0.2, 0) is 0 Å². The SMILES string of the molecule is O=C(O)O.O=c1cccco1. The van der Waals surface area contributed by atoms with Crippen LogP contribution in [-0.4, -0.2) is 16.4 Å². The Morgan fingerprint density at radius 1 is 1.36 bits per heavy atom. The van der Waals surface area contributed by atoms with Crippen LogP contribution in [0.25, 0.3) is 0 Å². The number of rotatable bonds is 0. The van der Waals surface area contributed by atoms with E-state index in [-0.39, 0.29) is 5.63 Å². The molecule has 0 aliphatic rings. The summed E-state index contributed by atoms with van der Waals surface area (Å²) in [5.74, 6) is 0. The van der Waals surface area contributed by atoms with Crippen LogP contribution >= 0.6 is 0 Å². The van der Waals surface area contributed by atoms with Gasteiger partial charge in [0.1, 0.15) is 0 Å². The number of hydrogen-bond donors (Lipinski definition) is 2. The van der Waals surface area contributed by atoms with Crippen LogP contribution in [0.15, 0.2) is 33.7 Å². The highest BCUT2D eigenvalue weighted by molar-refractivity contribution is 5.53. The van der Waals surface area contributed by atoms with E-state index in [0.29, 0.717) is 0 Å². The van der Waals surface area contributed by atoms with Crippen LogP contribution in [0.2, 0.25) is 0 Å². The van der Waals surface area contributed by atoms with Crippen molar-refractivity contribution in [1.82, 2.24) is 0 Å². The van der Waals surface area contributed by atoms with E-state index in [9.17, 15) is 4.79 Å². The van der Waals surface area contributed by atoms with Gasteiger partial charge in [-0.15, -0.1) is 0 Å². The van der Waals surface area contributed by atoms with Gasteiger partial charge in [0, 0.05) is 6.07 Å². The van der Waals surface area contributed by atoms with Crippen LogP contribution in [0.5, 0.6) is 0 Å². The fourth-order valence-electron chi connectivity index (χ4n) is 0.325. The summed E-state index contributed by atoms with van der Waals surface area (Å²) in [5, 5.41) is 13.9. The second-order valence-corrected chi connectivity index (χ2v) is 1.41. The van der Waals surface area contributed by atoms with Crippen molar-refractivity contribution in [3.63, 3.8) is 0 Å². The molecule has 1 aromatic rings. The molecule has 0 bridgehead atoms. The van der Waals surface area contributed by atoms with Gasteiger partial charge in [-0.2, -0.15) is 0 Å². The Labute approximate surface area is 61.5 Å². The van der Waals surface area contributed by atoms with E-state index in [1.54, 1.807) is 12.1 Å². The van der Waals surface area contributed by atoms with Crippen molar-refractivity contribution in [2.24, 2.45) is 0 Å². The molecule has 0 aromatic carbocycles. The average Bonchev–Trinajstić information content (AvgIpc) is 1.87. The van der Waals surface area contributed by atoms with Gasteiger partial charge >= 0.3 is 11.8 Å². The minimum atomic E-state index is -1.83. The number of hydrogen-bond acceptors (Lipinski definition) is 3. The summed E-state index contributed by atoms with van der Waals surface area (Å²) < 4.78 is 4.37. The minimum Gasteiger partial charge on any atom is -0.450 e. The molecule has 1 aromatic heterocycles. The summed E-state index contributed by atoms with van der Waals surface area (Å²) in [6.07, 6.45) is -0.484. The molecule has 0 amide bonds. The molecule has 0 unspecified atom stereocenters. The lowest BCUT2D eigenvalue weighted by molar-refractivity contribution is 0.137. The largest absolute Gasteiger partial charge is 0.503 e. The molecule has 0 spiro atoms. The summed E-state index contributed by atoms with van der Waals surface area (Å²) in [6, 6.07) is 4.65. The second-order valence-electron chi connectivity index (χ2n) is 1.41. The maximum atomic E-state index is 10.1. The Kier molecular flexibility index (Phi) is 4.22. The zero-order chi connectivity index (χ0) is 8.69. The first kappa shape index (κ1) is 9.22. The molecule has 5 heteroatoms. The lowest BCUT2D eigenvalue weighted by Gasteiger charge is -1.72. The van der Waals surface area contributed by atoms with Crippen LogP contribution in [0.4, 0.5) is 4.79 Å². The average molecular weight is 158 g/mol. The maximum Gasteiger partial charge on any atom is 0.503 e. The third kappa shape index (κ3) is 8.22. The quantitative estimate of drug-likeness (QED) is 0.584. The Bertz CT molecular complexity index is 242. The predicted molar refractivity (Wildman–Crippen MR) is 35.6 cm³/mol. The fourth-order valence-corrected chi connectivity index (χ4v) is 0.325. The Morgan fingerprint density at radius 3 is 2.09 bits per heavy atom. The van der Waals surface area contributed by atoms with Gasteiger partial charge in [-0.25, -0.2) is 9.59 Å². The molecule has 11 heavy (non-hydrogen) atoms. The molecule has 0 radical (unpaired) electrons. The summed E-state index contributed by atoms with van der Waals surface area (Å²) in [7, 11) is 0. The standard InChI is InChI=1S/C5H4O2.CH2O3/c6-5-3-1-2-4-7-5;2-1(3)4/h1-4H;(H2,2,3,4). The monoisotopic (exact) mass is 158 g/mol. The molecule has 0 atom stereocenters. The van der Waals surface area contributed by atoms with Crippen LogP contribution in [0, 0.1) is 0 Å². The van der Waals surface area contributed by atoms with E-state index >= 15 is 0 Å². The molecular formula is C6H6O5. The van der Waals surface area contributed by atoms with Crippen molar-refractivity contribution >= 4 is 6.16 Å². The van der Waals surface area contributed by atoms with Crippen molar-refractivity contribution in [3.05, 3.63) is 34.9 Å². The molecule has 0 aliphatic carbocycles. The van der Waals surface area contributed by atoms with Gasteiger partial charge in [0.15, 0.2) is 0 Å². The highest BCUT2D eigenvalue weighted by Crippen LogP contribution is 1.72. The Hall–Kier alpha value is -1.78. The lowest BCUT2D eigenvalue weighted by atomic mass is 10.5. The van der Waals surface area contributed by atoms with E-state index in [1.165, 1.54) is 12.3 Å². The molecular weight excluding hydrogens is 152 g/mol. The molecule has 1 rings (SSSR count). The van der Waals surface area contributed by atoms with Gasteiger partial charge in [0.05, 0.1) is 6.26 Å². The summed E-state index contributed by atoms with van der Waals surface area (Å²) in [4.78, 5) is 18.7. The van der Waals surface area contributed by atoms with E-state index in [2.05, 4.69) is 4.42 Å². The molecule has 0 saturated heterocycles. The predicted octanol–water partition coefficient (Wildman–Crippen LogP) is 0.862. The topological polar surface area (TPSA) is 87.7 Å². The van der Waals surface area contributed by atoms with Crippen LogP contribution < -0.4 is 5.63 Å². The normalized spacial score (nSPS) is 7.64. The molecule has 5 nitrogen and oxygen atoms in total. The van der Waals surface area contributed by atoms with Gasteiger partial charge in [0.2, 0.25) is 0 Å². The molecule has 0 fully saturated rings. The van der Waals surface area contributed by atoms with Crippen molar-refractivity contribution in [1.29, 1.82) is 0 Å². The first-order valence-corrected chi connectivity index (χ1v) is 2.58. The minimum absolute atomic E-state index is 0.303. The van der Waals surface area contributed by atoms with Gasteiger partial charge in [-0.3, -0.25) is 0 Å². The third-order valence-electron chi connectivity index (χ3n) is 0.606. The van der Waals surface area contributed by atoms with Gasteiger partial charge in [0.25, 0.3) is 0 Å². The van der Waals surface area contributed by atoms with E-state index in [1.807, 2.05) is 0 Å². The molecule has 0 saturated carbocycles. The zero-order valence-corrected chi connectivity index (χ0v) is 5.43. The van der Waals surface area contributed by atoms with E-state index in [0.717, 1.165) is 0 Å². The summed E-state index contributed by atoms with van der Waals surface area (Å²) in [6.45, 7) is 0. The zero-order valence-electron chi connectivity index (χ0n) is 5.43. The van der Waals surface area contributed by atoms with Crippen molar-refractivity contribution in [3.8, 4) is 0 Å². The molecule has 0 aliphatic heterocycles. The van der Waals surface area contributed by atoms with E-state index in [4.69, 9.17) is 15.0 Å². The Morgan fingerprint density at radius 2 is 1.91 bits per heavy atom.